The van der Waals surface area contributed by atoms with E-state index in [9.17, 15) is 0 Å². The van der Waals surface area contributed by atoms with Crippen LogP contribution >= 0.6 is 0 Å². The number of rotatable bonds is 4. The van der Waals surface area contributed by atoms with Crippen LogP contribution in [0.15, 0.2) is 30.5 Å². The van der Waals surface area contributed by atoms with Crippen molar-refractivity contribution in [2.45, 2.75) is 19.3 Å². The molecule has 6 heteroatoms. The summed E-state index contributed by atoms with van der Waals surface area (Å²) < 4.78 is 6.88. The third kappa shape index (κ3) is 3.21. The van der Waals surface area contributed by atoms with Gasteiger partial charge in [0.2, 0.25) is 0 Å². The van der Waals surface area contributed by atoms with E-state index in [1.54, 1.807) is 11.8 Å². The minimum Gasteiger partial charge on any atom is -0.497 e. The van der Waals surface area contributed by atoms with Crippen molar-refractivity contribution in [3.63, 3.8) is 0 Å². The number of benzene rings is 1. The first-order valence-electron chi connectivity index (χ1n) is 7.22. The maximum absolute atomic E-state index is 5.16. The molecule has 3 rings (SSSR count). The van der Waals surface area contributed by atoms with Crippen molar-refractivity contribution in [3.8, 4) is 11.4 Å². The lowest BCUT2D eigenvalue weighted by Crippen LogP contribution is -2.24. The van der Waals surface area contributed by atoms with Gasteiger partial charge in [-0.25, -0.2) is 0 Å². The first-order chi connectivity index (χ1) is 10.4. The van der Waals surface area contributed by atoms with Crippen molar-refractivity contribution in [2.24, 2.45) is 0 Å². The van der Waals surface area contributed by atoms with Gasteiger partial charge in [0.05, 0.1) is 12.8 Å². The Morgan fingerprint density at radius 3 is 2.57 bits per heavy atom. The molecule has 1 fully saturated rings. The molecule has 1 aromatic carbocycles. The topological polar surface area (TPSA) is 56.1 Å². The largest absolute Gasteiger partial charge is 0.497 e. The van der Waals surface area contributed by atoms with Crippen LogP contribution in [0.3, 0.4) is 0 Å². The second-order valence-corrected chi connectivity index (χ2v) is 5.06. The fourth-order valence-corrected chi connectivity index (χ4v) is 2.44. The van der Waals surface area contributed by atoms with Crippen LogP contribution < -0.4 is 4.74 Å². The quantitative estimate of drug-likeness (QED) is 0.861. The fraction of sp³-hybridized carbons (Fsp3) is 0.400. The Kier molecular flexibility index (Phi) is 4.14. The summed E-state index contributed by atoms with van der Waals surface area (Å²) in [5, 5.41) is 11.9. The van der Waals surface area contributed by atoms with Gasteiger partial charge in [0.25, 0.3) is 0 Å². The van der Waals surface area contributed by atoms with Gasteiger partial charge < -0.3 is 9.64 Å². The third-order valence-corrected chi connectivity index (χ3v) is 3.64. The van der Waals surface area contributed by atoms with Crippen LogP contribution in [0.5, 0.6) is 5.75 Å². The molecule has 21 heavy (non-hydrogen) atoms. The lowest BCUT2D eigenvalue weighted by atomic mass is 10.1. The molecule has 0 N–H and O–H groups in total. The highest BCUT2D eigenvalue weighted by Gasteiger charge is 2.08. The molecule has 1 saturated heterocycles. The standard InChI is InChI=1S/C15H19N5O/c1-21-14-7-5-13(6-8-14)20-15(16-17-18-20)9-12-19-10-3-2-4-11-19/h5-9,12H,2-4,10-11H2,1H3. The zero-order valence-electron chi connectivity index (χ0n) is 12.1. The SMILES string of the molecule is COc1ccc(-n2nnnc2C=CN2CCCCC2)cc1. The van der Waals surface area contributed by atoms with Gasteiger partial charge in [-0.2, -0.15) is 4.68 Å². The predicted octanol–water partition coefficient (Wildman–Crippen LogP) is 2.13. The molecule has 1 aliphatic heterocycles. The summed E-state index contributed by atoms with van der Waals surface area (Å²) in [6, 6.07) is 7.67. The number of hydrogen-bond acceptors (Lipinski definition) is 5. The Bertz CT molecular complexity index is 599. The summed E-state index contributed by atoms with van der Waals surface area (Å²) in [6.45, 7) is 2.22. The van der Waals surface area contributed by atoms with Crippen molar-refractivity contribution in [1.29, 1.82) is 0 Å². The summed E-state index contributed by atoms with van der Waals surface area (Å²) in [7, 11) is 1.65. The molecule has 6 nitrogen and oxygen atoms in total. The van der Waals surface area contributed by atoms with E-state index in [4.69, 9.17) is 4.74 Å². The van der Waals surface area contributed by atoms with Crippen LogP contribution in [0.25, 0.3) is 11.8 Å². The fourth-order valence-electron chi connectivity index (χ4n) is 2.44. The van der Waals surface area contributed by atoms with E-state index >= 15 is 0 Å². The first-order valence-corrected chi connectivity index (χ1v) is 7.22. The number of piperidine rings is 1. The highest BCUT2D eigenvalue weighted by molar-refractivity contribution is 5.45. The van der Waals surface area contributed by atoms with Gasteiger partial charge in [0.15, 0.2) is 5.82 Å². The van der Waals surface area contributed by atoms with E-state index in [0.717, 1.165) is 30.4 Å². The Hall–Kier alpha value is -2.37. The molecular weight excluding hydrogens is 266 g/mol. The lowest BCUT2D eigenvalue weighted by Gasteiger charge is -2.24. The highest BCUT2D eigenvalue weighted by atomic mass is 16.5. The summed E-state index contributed by atoms with van der Waals surface area (Å²) in [5.41, 5.74) is 0.916. The van der Waals surface area contributed by atoms with Gasteiger partial charge in [-0.15, -0.1) is 5.10 Å². The van der Waals surface area contributed by atoms with Crippen LogP contribution in [0, 0.1) is 0 Å². The maximum Gasteiger partial charge on any atom is 0.181 e. The van der Waals surface area contributed by atoms with E-state index in [-0.39, 0.29) is 0 Å². The van der Waals surface area contributed by atoms with Crippen molar-refractivity contribution >= 4 is 6.08 Å². The molecule has 0 saturated carbocycles. The molecule has 0 amide bonds. The lowest BCUT2D eigenvalue weighted by molar-refractivity contribution is 0.311. The maximum atomic E-state index is 5.16. The van der Waals surface area contributed by atoms with Gasteiger partial charge in [0, 0.05) is 25.4 Å². The van der Waals surface area contributed by atoms with Crippen molar-refractivity contribution in [2.75, 3.05) is 20.2 Å². The molecule has 2 heterocycles. The molecule has 0 radical (unpaired) electrons. The Morgan fingerprint density at radius 2 is 1.86 bits per heavy atom. The van der Waals surface area contributed by atoms with Crippen LogP contribution in [0.4, 0.5) is 0 Å². The molecule has 2 aromatic rings. The number of likely N-dealkylation sites (tertiary alicyclic amines) is 1. The number of methoxy groups -OCH3 is 1. The predicted molar refractivity (Wildman–Crippen MR) is 80.2 cm³/mol. The molecule has 1 aliphatic rings. The van der Waals surface area contributed by atoms with Gasteiger partial charge in [-0.05, 0) is 54.0 Å². The smallest absolute Gasteiger partial charge is 0.181 e. The highest BCUT2D eigenvalue weighted by Crippen LogP contribution is 2.16. The van der Waals surface area contributed by atoms with E-state index in [0.29, 0.717) is 0 Å². The zero-order chi connectivity index (χ0) is 14.5. The molecule has 0 spiro atoms. The number of aromatic nitrogens is 4. The second-order valence-electron chi connectivity index (χ2n) is 5.06. The molecule has 0 unspecified atom stereocenters. The molecule has 0 bridgehead atoms. The number of ether oxygens (including phenoxy) is 1. The van der Waals surface area contributed by atoms with E-state index in [2.05, 4.69) is 26.6 Å². The Morgan fingerprint density at radius 1 is 1.10 bits per heavy atom. The minimum atomic E-state index is 0.728. The first kappa shape index (κ1) is 13.6. The Labute approximate surface area is 124 Å². The van der Waals surface area contributed by atoms with Crippen molar-refractivity contribution < 1.29 is 4.74 Å². The summed E-state index contributed by atoms with van der Waals surface area (Å²) in [6.07, 6.45) is 7.90. The summed E-state index contributed by atoms with van der Waals surface area (Å²) in [4.78, 5) is 2.32. The average molecular weight is 285 g/mol. The molecule has 0 aliphatic carbocycles. The van der Waals surface area contributed by atoms with E-state index < -0.39 is 0 Å². The second kappa shape index (κ2) is 6.39. The zero-order valence-corrected chi connectivity index (χ0v) is 12.1. The number of tetrazole rings is 1. The van der Waals surface area contributed by atoms with Crippen LogP contribution in [-0.4, -0.2) is 45.3 Å². The van der Waals surface area contributed by atoms with Gasteiger partial charge in [-0.1, -0.05) is 0 Å². The minimum absolute atomic E-state index is 0.728. The van der Waals surface area contributed by atoms with Crippen molar-refractivity contribution in [1.82, 2.24) is 25.1 Å². The molecular formula is C15H19N5O. The van der Waals surface area contributed by atoms with Gasteiger partial charge >= 0.3 is 0 Å². The van der Waals surface area contributed by atoms with Crippen LogP contribution in [0.2, 0.25) is 0 Å². The molecule has 1 aromatic heterocycles. The third-order valence-electron chi connectivity index (χ3n) is 3.64. The van der Waals surface area contributed by atoms with E-state index in [1.807, 2.05) is 30.3 Å². The summed E-state index contributed by atoms with van der Waals surface area (Å²) in [5.74, 6) is 1.54. The van der Waals surface area contributed by atoms with Crippen molar-refractivity contribution in [3.05, 3.63) is 36.3 Å². The van der Waals surface area contributed by atoms with Crippen LogP contribution in [-0.2, 0) is 0 Å². The van der Waals surface area contributed by atoms with Gasteiger partial charge in [0.1, 0.15) is 5.75 Å². The Balaban J connectivity index is 1.77. The van der Waals surface area contributed by atoms with Crippen LogP contribution in [0.1, 0.15) is 25.1 Å². The average Bonchev–Trinajstić information content (AvgIpc) is 3.02. The summed E-state index contributed by atoms with van der Waals surface area (Å²) >= 11 is 0. The number of hydrogen-bond donors (Lipinski definition) is 0. The van der Waals surface area contributed by atoms with E-state index in [1.165, 1.54) is 19.3 Å². The number of nitrogens with zero attached hydrogens (tertiary/aromatic N) is 5. The molecule has 0 atom stereocenters. The molecule has 110 valence electrons. The monoisotopic (exact) mass is 285 g/mol. The van der Waals surface area contributed by atoms with Gasteiger partial charge in [-0.3, -0.25) is 0 Å². The normalized spacial score (nSPS) is 15.6.